The molecule has 1 aliphatic carbocycles. The standard InChI is InChI=1S/C24H21BrN4O2S3/c1-14-10-11-32-19(14)12-26-28-20(30)13-33-24-27-22-21(17-4-2-3-5-18(17)34-22)23(31)29(24)16-8-6-15(25)7-9-16/h6-12H,2-5,13H2,1H3,(H,28,30). The van der Waals surface area contributed by atoms with Gasteiger partial charge in [0.05, 0.1) is 23.0 Å². The number of halogens is 1. The van der Waals surface area contributed by atoms with Crippen molar-refractivity contribution < 1.29 is 4.79 Å². The summed E-state index contributed by atoms with van der Waals surface area (Å²) >= 11 is 7.89. The Morgan fingerprint density at radius 2 is 2.06 bits per heavy atom. The number of nitrogens with zero attached hydrogens (tertiary/aromatic N) is 3. The maximum Gasteiger partial charge on any atom is 0.267 e. The Balaban J connectivity index is 1.45. The molecule has 1 N–H and O–H groups in total. The quantitative estimate of drug-likeness (QED) is 0.139. The van der Waals surface area contributed by atoms with Crippen LogP contribution in [0.3, 0.4) is 0 Å². The van der Waals surface area contributed by atoms with Gasteiger partial charge in [-0.25, -0.2) is 10.4 Å². The summed E-state index contributed by atoms with van der Waals surface area (Å²) in [7, 11) is 0. The molecule has 0 radical (unpaired) electrons. The first-order valence-corrected chi connectivity index (χ1v) is 14.3. The Labute approximate surface area is 217 Å². The first kappa shape index (κ1) is 23.5. The second-order valence-corrected chi connectivity index (χ2v) is 11.8. The Morgan fingerprint density at radius 3 is 2.82 bits per heavy atom. The number of benzene rings is 1. The minimum absolute atomic E-state index is 0.0687. The maximum atomic E-state index is 13.7. The number of thiophene rings is 2. The number of thioether (sulfide) groups is 1. The number of carbonyl (C=O) groups is 1. The third-order valence-electron chi connectivity index (χ3n) is 5.65. The lowest BCUT2D eigenvalue weighted by Crippen LogP contribution is -2.24. The van der Waals surface area contributed by atoms with E-state index in [1.54, 1.807) is 33.5 Å². The van der Waals surface area contributed by atoms with Crippen molar-refractivity contribution in [3.8, 4) is 5.69 Å². The number of hydrogen-bond donors (Lipinski definition) is 1. The summed E-state index contributed by atoms with van der Waals surface area (Å²) in [5.74, 6) is -0.155. The summed E-state index contributed by atoms with van der Waals surface area (Å²) in [6, 6.07) is 9.58. The molecule has 0 atom stereocenters. The number of amides is 1. The van der Waals surface area contributed by atoms with Crippen LogP contribution in [0.1, 0.15) is 33.7 Å². The van der Waals surface area contributed by atoms with E-state index in [0.717, 1.165) is 62.1 Å². The van der Waals surface area contributed by atoms with Crippen molar-refractivity contribution in [2.45, 2.75) is 37.8 Å². The monoisotopic (exact) mass is 572 g/mol. The van der Waals surface area contributed by atoms with E-state index >= 15 is 0 Å². The zero-order valence-corrected chi connectivity index (χ0v) is 22.4. The molecule has 0 bridgehead atoms. The molecule has 34 heavy (non-hydrogen) atoms. The molecule has 0 saturated heterocycles. The fourth-order valence-electron chi connectivity index (χ4n) is 3.94. The van der Waals surface area contributed by atoms with Crippen molar-refractivity contribution in [1.82, 2.24) is 15.0 Å². The van der Waals surface area contributed by atoms with Crippen LogP contribution >= 0.6 is 50.4 Å². The summed E-state index contributed by atoms with van der Waals surface area (Å²) < 4.78 is 2.56. The van der Waals surface area contributed by atoms with Gasteiger partial charge in [0, 0.05) is 14.2 Å². The lowest BCUT2D eigenvalue weighted by atomic mass is 9.97. The molecule has 4 aromatic rings. The third-order valence-corrected chi connectivity index (χ3v) is 9.25. The third kappa shape index (κ3) is 4.77. The Bertz CT molecular complexity index is 1450. The lowest BCUT2D eigenvalue weighted by molar-refractivity contribution is -0.118. The van der Waals surface area contributed by atoms with Crippen LogP contribution in [0, 0.1) is 6.92 Å². The summed E-state index contributed by atoms with van der Waals surface area (Å²) in [5.41, 5.74) is 5.51. The number of fused-ring (bicyclic) bond motifs is 3. The fraction of sp³-hybridized carbons (Fsp3) is 0.250. The number of carbonyl (C=O) groups excluding carboxylic acids is 1. The van der Waals surface area contributed by atoms with Gasteiger partial charge in [0.15, 0.2) is 5.16 Å². The minimum atomic E-state index is -0.252. The summed E-state index contributed by atoms with van der Waals surface area (Å²) in [6.45, 7) is 2.00. The highest BCUT2D eigenvalue weighted by molar-refractivity contribution is 9.10. The van der Waals surface area contributed by atoms with Gasteiger partial charge in [0.1, 0.15) is 4.83 Å². The Hall–Kier alpha value is -2.27. The van der Waals surface area contributed by atoms with Crippen LogP contribution in [0.15, 0.2) is 55.2 Å². The second kappa shape index (κ2) is 10.2. The fourth-order valence-corrected chi connectivity index (χ4v) is 7.10. The van der Waals surface area contributed by atoms with E-state index in [1.165, 1.54) is 16.6 Å². The molecule has 6 nitrogen and oxygen atoms in total. The number of nitrogens with one attached hydrogen (secondary N) is 1. The predicted octanol–water partition coefficient (Wildman–Crippen LogP) is 5.70. The van der Waals surface area contributed by atoms with Gasteiger partial charge in [-0.2, -0.15) is 5.10 Å². The highest BCUT2D eigenvalue weighted by atomic mass is 79.9. The number of hydrazone groups is 1. The molecule has 10 heteroatoms. The van der Waals surface area contributed by atoms with Crippen LogP contribution < -0.4 is 11.0 Å². The average Bonchev–Trinajstić information content (AvgIpc) is 3.41. The van der Waals surface area contributed by atoms with Crippen LogP contribution in [0.5, 0.6) is 0 Å². The van der Waals surface area contributed by atoms with Crippen LogP contribution in [0.2, 0.25) is 0 Å². The number of aromatic nitrogens is 2. The highest BCUT2D eigenvalue weighted by Gasteiger charge is 2.23. The molecule has 0 saturated carbocycles. The molecule has 0 unspecified atom stereocenters. The minimum Gasteiger partial charge on any atom is -0.272 e. The van der Waals surface area contributed by atoms with Crippen molar-refractivity contribution in [2.75, 3.05) is 5.75 Å². The molecule has 0 spiro atoms. The molecule has 0 fully saturated rings. The van der Waals surface area contributed by atoms with Gasteiger partial charge in [-0.3, -0.25) is 14.2 Å². The van der Waals surface area contributed by atoms with Crippen LogP contribution in [-0.2, 0) is 17.6 Å². The molecular formula is C24H21BrN4O2S3. The maximum absolute atomic E-state index is 13.7. The topological polar surface area (TPSA) is 76.3 Å². The van der Waals surface area contributed by atoms with E-state index in [4.69, 9.17) is 4.98 Å². The van der Waals surface area contributed by atoms with E-state index in [2.05, 4.69) is 26.5 Å². The lowest BCUT2D eigenvalue weighted by Gasteiger charge is -2.13. The van der Waals surface area contributed by atoms with E-state index in [-0.39, 0.29) is 17.2 Å². The first-order chi connectivity index (χ1) is 16.5. The largest absolute Gasteiger partial charge is 0.272 e. The van der Waals surface area contributed by atoms with Crippen molar-refractivity contribution in [1.29, 1.82) is 0 Å². The number of hydrogen-bond acceptors (Lipinski definition) is 7. The van der Waals surface area contributed by atoms with E-state index in [1.807, 2.05) is 42.6 Å². The smallest absolute Gasteiger partial charge is 0.267 e. The van der Waals surface area contributed by atoms with Gasteiger partial charge in [-0.15, -0.1) is 22.7 Å². The van der Waals surface area contributed by atoms with E-state index in [9.17, 15) is 9.59 Å². The molecule has 174 valence electrons. The van der Waals surface area contributed by atoms with E-state index < -0.39 is 0 Å². The zero-order chi connectivity index (χ0) is 23.7. The molecule has 3 heterocycles. The van der Waals surface area contributed by atoms with E-state index in [0.29, 0.717) is 5.16 Å². The Kier molecular flexibility index (Phi) is 7.01. The van der Waals surface area contributed by atoms with Gasteiger partial charge in [0.2, 0.25) is 0 Å². The summed E-state index contributed by atoms with van der Waals surface area (Å²) in [6.07, 6.45) is 5.82. The predicted molar refractivity (Wildman–Crippen MR) is 145 cm³/mol. The molecule has 1 amide bonds. The normalized spacial score (nSPS) is 13.5. The second-order valence-electron chi connectivity index (χ2n) is 7.95. The highest BCUT2D eigenvalue weighted by Crippen LogP contribution is 2.35. The molecule has 1 aliphatic rings. The molecule has 1 aromatic carbocycles. The van der Waals surface area contributed by atoms with Crippen LogP contribution in [0.4, 0.5) is 0 Å². The van der Waals surface area contributed by atoms with Gasteiger partial charge in [-0.1, -0.05) is 27.7 Å². The zero-order valence-electron chi connectivity index (χ0n) is 18.3. The van der Waals surface area contributed by atoms with Crippen LogP contribution in [0.25, 0.3) is 15.9 Å². The summed E-state index contributed by atoms with van der Waals surface area (Å²) in [5, 5.41) is 7.29. The summed E-state index contributed by atoms with van der Waals surface area (Å²) in [4.78, 5) is 34.1. The Morgan fingerprint density at radius 1 is 1.26 bits per heavy atom. The van der Waals surface area contributed by atoms with Gasteiger partial charge in [-0.05, 0) is 79.4 Å². The van der Waals surface area contributed by atoms with Crippen LogP contribution in [-0.4, -0.2) is 27.4 Å². The number of rotatable bonds is 6. The van der Waals surface area contributed by atoms with Crippen molar-refractivity contribution in [3.05, 3.63) is 71.4 Å². The van der Waals surface area contributed by atoms with Crippen molar-refractivity contribution in [2.24, 2.45) is 5.10 Å². The first-order valence-electron chi connectivity index (χ1n) is 10.8. The number of aryl methyl sites for hydroxylation is 3. The van der Waals surface area contributed by atoms with Gasteiger partial charge in [0.25, 0.3) is 11.5 Å². The van der Waals surface area contributed by atoms with Crippen molar-refractivity contribution >= 4 is 72.7 Å². The molecule has 3 aromatic heterocycles. The molecule has 0 aliphatic heterocycles. The van der Waals surface area contributed by atoms with Gasteiger partial charge < -0.3 is 0 Å². The van der Waals surface area contributed by atoms with Crippen molar-refractivity contribution in [3.63, 3.8) is 0 Å². The molecule has 5 rings (SSSR count). The average molecular weight is 574 g/mol. The SMILES string of the molecule is Cc1ccsc1C=NNC(=O)CSc1nc2sc3c(c2c(=O)n1-c1ccc(Br)cc1)CCCC3. The van der Waals surface area contributed by atoms with Gasteiger partial charge >= 0.3 is 0 Å². The molecular weight excluding hydrogens is 552 g/mol.